The first-order chi connectivity index (χ1) is 5.74. The monoisotopic (exact) mass is 286 g/mol. The van der Waals surface area contributed by atoms with Crippen molar-refractivity contribution in [3.05, 3.63) is 0 Å². The van der Waals surface area contributed by atoms with Gasteiger partial charge in [0, 0.05) is 11.5 Å². The minimum Gasteiger partial charge on any atom is -0.385 e. The number of ether oxygens (including phenoxy) is 2. The molecule has 2 N–H and O–H groups in total. The number of aliphatic hydroxyl groups excluding tert-OH is 1. The first-order valence-electron chi connectivity index (χ1n) is 3.53. The fourth-order valence-corrected chi connectivity index (χ4v) is 1.95. The van der Waals surface area contributed by atoms with Crippen molar-refractivity contribution in [3.8, 4) is 0 Å². The number of hydrogen-bond acceptors (Lipinski definition) is 5. The molecule has 1 aliphatic heterocycles. The molecule has 12 heavy (non-hydrogen) atoms. The maximum atomic E-state index is 9.48. The number of aliphatic hydroxyl groups is 1. The van der Waals surface area contributed by atoms with Crippen LogP contribution >= 0.6 is 22.6 Å². The third-order valence-electron chi connectivity index (χ3n) is 1.86. The highest BCUT2D eigenvalue weighted by atomic mass is 127. The fraction of sp³-hybridized carbons (Fsp3) is 1.00. The number of methoxy groups -OCH3 is 1. The maximum Gasteiger partial charge on any atom is 0.197 e. The van der Waals surface area contributed by atoms with E-state index in [0.717, 1.165) is 4.43 Å². The Kier molecular flexibility index (Phi) is 3.81. The maximum absolute atomic E-state index is 9.48. The van der Waals surface area contributed by atoms with E-state index in [1.54, 1.807) is 0 Å². The highest BCUT2D eigenvalue weighted by molar-refractivity contribution is 14.1. The van der Waals surface area contributed by atoms with Crippen LogP contribution in [0.2, 0.25) is 0 Å². The largest absolute Gasteiger partial charge is 0.385 e. The van der Waals surface area contributed by atoms with E-state index < -0.39 is 12.3 Å². The predicted molar refractivity (Wildman–Crippen MR) is 49.5 cm³/mol. The zero-order valence-electron chi connectivity index (χ0n) is 6.61. The third-order valence-corrected chi connectivity index (χ3v) is 2.73. The lowest BCUT2D eigenvalue weighted by Crippen LogP contribution is -2.34. The van der Waals surface area contributed by atoms with Gasteiger partial charge in [0.25, 0.3) is 0 Å². The lowest BCUT2D eigenvalue weighted by atomic mass is 10.1. The molecule has 2 unspecified atom stereocenters. The van der Waals surface area contributed by atoms with Crippen molar-refractivity contribution >= 4 is 22.6 Å². The molecule has 0 radical (unpaired) electrons. The smallest absolute Gasteiger partial charge is 0.197 e. The average molecular weight is 286 g/mol. The summed E-state index contributed by atoms with van der Waals surface area (Å²) in [6.45, 7) is 0. The number of nitrogens with one attached hydrogen (secondary N) is 1. The Hall–Kier alpha value is 0.210. The number of halogens is 1. The lowest BCUT2D eigenvalue weighted by molar-refractivity contribution is -0.00172. The van der Waals surface area contributed by atoms with E-state index in [9.17, 15) is 5.11 Å². The van der Waals surface area contributed by atoms with E-state index >= 15 is 0 Å². The molecule has 6 heteroatoms. The SMILES string of the molecule is COC1C(O)[C@H](N=N)O[C@@H]1CI. The van der Waals surface area contributed by atoms with Crippen LogP contribution < -0.4 is 0 Å². The minimum atomic E-state index is -0.813. The quantitative estimate of drug-likeness (QED) is 0.452. The Bertz CT molecular complexity index is 169. The van der Waals surface area contributed by atoms with Gasteiger partial charge in [-0.25, -0.2) is 5.53 Å². The van der Waals surface area contributed by atoms with Gasteiger partial charge in [0.1, 0.15) is 12.2 Å². The second kappa shape index (κ2) is 4.45. The molecule has 1 rings (SSSR count). The zero-order chi connectivity index (χ0) is 9.14. The molecule has 1 fully saturated rings. The van der Waals surface area contributed by atoms with Gasteiger partial charge in [-0.3, -0.25) is 0 Å². The fourth-order valence-electron chi connectivity index (χ4n) is 1.24. The molecule has 1 aliphatic rings. The molecule has 0 aromatic carbocycles. The minimum absolute atomic E-state index is 0.162. The van der Waals surface area contributed by atoms with Crippen LogP contribution in [0.1, 0.15) is 0 Å². The zero-order valence-corrected chi connectivity index (χ0v) is 8.76. The second-order valence-corrected chi connectivity index (χ2v) is 3.42. The normalized spacial score (nSPS) is 41.6. The van der Waals surface area contributed by atoms with Crippen LogP contribution in [0.4, 0.5) is 0 Å². The Morgan fingerprint density at radius 1 is 1.75 bits per heavy atom. The van der Waals surface area contributed by atoms with E-state index in [0.29, 0.717) is 0 Å². The van der Waals surface area contributed by atoms with Gasteiger partial charge in [0.2, 0.25) is 0 Å². The number of alkyl halides is 1. The summed E-state index contributed by atoms with van der Waals surface area (Å²) in [6, 6.07) is 0. The predicted octanol–water partition coefficient (Wildman–Crippen LogP) is 0.553. The molecule has 4 atom stereocenters. The molecule has 5 nitrogen and oxygen atoms in total. The molecule has 1 saturated heterocycles. The van der Waals surface area contributed by atoms with Gasteiger partial charge in [-0.15, -0.1) is 0 Å². The van der Waals surface area contributed by atoms with E-state index in [1.807, 2.05) is 0 Å². The van der Waals surface area contributed by atoms with E-state index in [-0.39, 0.29) is 12.2 Å². The van der Waals surface area contributed by atoms with Crippen LogP contribution in [0.15, 0.2) is 5.11 Å². The van der Waals surface area contributed by atoms with E-state index in [4.69, 9.17) is 15.0 Å². The molecule has 0 spiro atoms. The van der Waals surface area contributed by atoms with Gasteiger partial charge in [-0.1, -0.05) is 22.6 Å². The first kappa shape index (κ1) is 10.3. The van der Waals surface area contributed by atoms with Gasteiger partial charge in [-0.05, 0) is 0 Å². The summed E-state index contributed by atoms with van der Waals surface area (Å²) in [4.78, 5) is 0. The highest BCUT2D eigenvalue weighted by Crippen LogP contribution is 2.25. The van der Waals surface area contributed by atoms with Crippen molar-refractivity contribution in [3.63, 3.8) is 0 Å². The standard InChI is InChI=1S/C6H11IN2O3/c1-11-5-3(2-7)12-6(9-8)4(5)10/h3-6,8,10H,2H2,1H3/t3-,4?,5?,6-/m1/s1. The second-order valence-electron chi connectivity index (χ2n) is 2.54. The molecular weight excluding hydrogens is 275 g/mol. The Morgan fingerprint density at radius 2 is 2.42 bits per heavy atom. The third kappa shape index (κ3) is 1.76. The molecule has 0 bridgehead atoms. The van der Waals surface area contributed by atoms with Crippen LogP contribution in [0, 0.1) is 5.53 Å². The van der Waals surface area contributed by atoms with Crippen LogP contribution in [-0.4, -0.2) is 41.2 Å². The first-order valence-corrected chi connectivity index (χ1v) is 5.06. The van der Waals surface area contributed by atoms with Gasteiger partial charge in [0.15, 0.2) is 6.23 Å². The number of nitrogens with zero attached hydrogens (tertiary/aromatic N) is 1. The Labute approximate surface area is 84.1 Å². The van der Waals surface area contributed by atoms with Crippen LogP contribution in [0.5, 0.6) is 0 Å². The van der Waals surface area contributed by atoms with E-state index in [2.05, 4.69) is 27.7 Å². The molecule has 0 aromatic rings. The summed E-state index contributed by atoms with van der Waals surface area (Å²) >= 11 is 2.15. The van der Waals surface area contributed by atoms with Crippen LogP contribution in [0.25, 0.3) is 0 Å². The van der Waals surface area contributed by atoms with Crippen LogP contribution in [0.3, 0.4) is 0 Å². The van der Waals surface area contributed by atoms with Gasteiger partial charge >= 0.3 is 0 Å². The summed E-state index contributed by atoms with van der Waals surface area (Å²) in [5.74, 6) is 0. The van der Waals surface area contributed by atoms with Gasteiger partial charge in [-0.2, -0.15) is 5.11 Å². The molecule has 0 saturated carbocycles. The molecular formula is C6H11IN2O3. The summed E-state index contributed by atoms with van der Waals surface area (Å²) in [7, 11) is 1.52. The highest BCUT2D eigenvalue weighted by Gasteiger charge is 2.43. The number of rotatable bonds is 3. The average Bonchev–Trinajstić information content (AvgIpc) is 2.41. The summed E-state index contributed by atoms with van der Waals surface area (Å²) in [5, 5.41) is 12.6. The van der Waals surface area contributed by atoms with Crippen LogP contribution in [-0.2, 0) is 9.47 Å². The lowest BCUT2D eigenvalue weighted by Gasteiger charge is -2.15. The topological polar surface area (TPSA) is 74.9 Å². The molecule has 0 aliphatic carbocycles. The molecule has 0 amide bonds. The molecule has 0 aromatic heterocycles. The van der Waals surface area contributed by atoms with E-state index in [1.165, 1.54) is 7.11 Å². The Morgan fingerprint density at radius 3 is 2.75 bits per heavy atom. The van der Waals surface area contributed by atoms with Crippen molar-refractivity contribution in [2.45, 2.75) is 24.5 Å². The van der Waals surface area contributed by atoms with Crippen molar-refractivity contribution in [1.82, 2.24) is 0 Å². The molecule has 1 heterocycles. The Balaban J connectivity index is 2.64. The summed E-state index contributed by atoms with van der Waals surface area (Å²) < 4.78 is 11.0. The van der Waals surface area contributed by atoms with Crippen molar-refractivity contribution < 1.29 is 14.6 Å². The van der Waals surface area contributed by atoms with Gasteiger partial charge in [0.05, 0.1) is 6.10 Å². The number of hydrogen-bond donors (Lipinski definition) is 2. The van der Waals surface area contributed by atoms with Gasteiger partial charge < -0.3 is 14.6 Å². The summed E-state index contributed by atoms with van der Waals surface area (Å²) in [6.07, 6.45) is -2.09. The van der Waals surface area contributed by atoms with Crippen molar-refractivity contribution in [1.29, 1.82) is 5.53 Å². The summed E-state index contributed by atoms with van der Waals surface area (Å²) in [5.41, 5.74) is 6.74. The van der Waals surface area contributed by atoms with Crippen molar-refractivity contribution in [2.75, 3.05) is 11.5 Å². The molecule has 70 valence electrons. The van der Waals surface area contributed by atoms with Crippen molar-refractivity contribution in [2.24, 2.45) is 5.11 Å².